The number of ether oxygens (including phenoxy) is 1. The first-order valence-electron chi connectivity index (χ1n) is 8.97. The number of rotatable bonds is 9. The third-order valence-electron chi connectivity index (χ3n) is 3.79. The van der Waals surface area contributed by atoms with Gasteiger partial charge in [-0.15, -0.1) is 0 Å². The molecule has 0 saturated carbocycles. The third kappa shape index (κ3) is 6.90. The van der Waals surface area contributed by atoms with Crippen molar-refractivity contribution in [3.05, 3.63) is 30.1 Å². The van der Waals surface area contributed by atoms with Crippen LogP contribution in [0.25, 0.3) is 0 Å². The largest absolute Gasteiger partial charge is 0.489 e. The van der Waals surface area contributed by atoms with Gasteiger partial charge in [-0.05, 0) is 39.8 Å². The lowest BCUT2D eigenvalue weighted by Crippen LogP contribution is -2.43. The molecule has 1 aromatic carbocycles. The molecule has 1 amide bonds. The molecule has 0 heterocycles. The van der Waals surface area contributed by atoms with Crippen molar-refractivity contribution < 1.29 is 13.9 Å². The highest BCUT2D eigenvalue weighted by molar-refractivity contribution is 5.83. The zero-order valence-corrected chi connectivity index (χ0v) is 16.4. The Bertz CT molecular complexity index is 605. The molecule has 146 valence electrons. The van der Waals surface area contributed by atoms with E-state index in [0.29, 0.717) is 38.7 Å². The number of benzene rings is 1. The van der Waals surface area contributed by atoms with Gasteiger partial charge in [0.05, 0.1) is 18.5 Å². The molecule has 0 fully saturated rings. The molecule has 0 unspecified atom stereocenters. The summed E-state index contributed by atoms with van der Waals surface area (Å²) in [6.45, 7) is 10.1. The maximum atomic E-state index is 13.6. The summed E-state index contributed by atoms with van der Waals surface area (Å²) in [5.74, 6) is 0.520. The zero-order valence-electron chi connectivity index (χ0n) is 16.4. The quantitative estimate of drug-likeness (QED) is 0.520. The molecule has 0 bridgehead atoms. The van der Waals surface area contributed by atoms with Gasteiger partial charge < -0.3 is 20.3 Å². The van der Waals surface area contributed by atoms with Gasteiger partial charge in [0.2, 0.25) is 5.91 Å². The molecular formula is C19H31FN4O2. The Morgan fingerprint density at radius 2 is 1.88 bits per heavy atom. The van der Waals surface area contributed by atoms with E-state index in [-0.39, 0.29) is 17.5 Å². The molecule has 7 heteroatoms. The Labute approximate surface area is 155 Å². The fourth-order valence-corrected chi connectivity index (χ4v) is 2.17. The van der Waals surface area contributed by atoms with Crippen LogP contribution in [0.1, 0.15) is 27.7 Å². The molecule has 1 rings (SSSR count). The minimum absolute atomic E-state index is 0.0230. The molecule has 0 aliphatic carbocycles. The number of para-hydroxylation sites is 1. The Hall–Kier alpha value is -2.31. The maximum absolute atomic E-state index is 13.6. The van der Waals surface area contributed by atoms with Crippen molar-refractivity contribution in [3.8, 4) is 5.75 Å². The summed E-state index contributed by atoms with van der Waals surface area (Å²) >= 11 is 0. The van der Waals surface area contributed by atoms with Gasteiger partial charge in [-0.1, -0.05) is 12.1 Å². The highest BCUT2D eigenvalue weighted by Gasteiger charge is 2.27. The van der Waals surface area contributed by atoms with Crippen LogP contribution in [0.2, 0.25) is 0 Å². The lowest BCUT2D eigenvalue weighted by molar-refractivity contribution is -0.128. The number of amides is 1. The van der Waals surface area contributed by atoms with Crippen LogP contribution in [0.15, 0.2) is 29.3 Å². The predicted molar refractivity (Wildman–Crippen MR) is 103 cm³/mol. The molecule has 0 aromatic heterocycles. The van der Waals surface area contributed by atoms with Crippen LogP contribution in [0.3, 0.4) is 0 Å². The highest BCUT2D eigenvalue weighted by Crippen LogP contribution is 2.16. The predicted octanol–water partition coefficient (Wildman–Crippen LogP) is 2.26. The van der Waals surface area contributed by atoms with E-state index in [9.17, 15) is 9.18 Å². The Balaban J connectivity index is 2.63. The topological polar surface area (TPSA) is 66.0 Å². The number of likely N-dealkylation sites (N-methyl/N-ethyl adjacent to an activating group) is 1. The van der Waals surface area contributed by atoms with Gasteiger partial charge >= 0.3 is 0 Å². The van der Waals surface area contributed by atoms with E-state index in [4.69, 9.17) is 4.74 Å². The molecule has 1 aromatic rings. The number of nitrogens with zero attached hydrogens (tertiary/aromatic N) is 2. The summed E-state index contributed by atoms with van der Waals surface area (Å²) in [5, 5.41) is 6.03. The fraction of sp³-hybridized carbons (Fsp3) is 0.579. The van der Waals surface area contributed by atoms with Gasteiger partial charge in [0.25, 0.3) is 0 Å². The first kappa shape index (κ1) is 21.7. The second kappa shape index (κ2) is 10.6. The average molecular weight is 366 g/mol. The second-order valence-corrected chi connectivity index (χ2v) is 6.61. The number of hydrogen-bond donors (Lipinski definition) is 2. The van der Waals surface area contributed by atoms with Crippen molar-refractivity contribution >= 4 is 11.9 Å². The number of nitrogens with one attached hydrogen (secondary N) is 2. The van der Waals surface area contributed by atoms with Gasteiger partial charge in [0.1, 0.15) is 6.61 Å². The second-order valence-electron chi connectivity index (χ2n) is 6.61. The van der Waals surface area contributed by atoms with Crippen molar-refractivity contribution in [2.45, 2.75) is 27.7 Å². The van der Waals surface area contributed by atoms with Crippen LogP contribution >= 0.6 is 0 Å². The van der Waals surface area contributed by atoms with Crippen LogP contribution in [-0.4, -0.2) is 56.6 Å². The summed E-state index contributed by atoms with van der Waals surface area (Å²) in [6.07, 6.45) is 0. The molecular weight excluding hydrogens is 335 g/mol. The molecule has 0 saturated heterocycles. The molecule has 0 aliphatic rings. The van der Waals surface area contributed by atoms with E-state index in [1.807, 2.05) is 39.6 Å². The summed E-state index contributed by atoms with van der Waals surface area (Å²) in [4.78, 5) is 18.6. The first-order valence-corrected chi connectivity index (χ1v) is 8.97. The molecule has 0 atom stereocenters. The highest BCUT2D eigenvalue weighted by atomic mass is 19.1. The van der Waals surface area contributed by atoms with Gasteiger partial charge in [0, 0.05) is 20.1 Å². The van der Waals surface area contributed by atoms with E-state index in [0.717, 1.165) is 0 Å². The van der Waals surface area contributed by atoms with Crippen molar-refractivity contribution in [2.75, 3.05) is 39.8 Å². The smallest absolute Gasteiger partial charge is 0.227 e. The van der Waals surface area contributed by atoms with Crippen LogP contribution in [0, 0.1) is 11.2 Å². The van der Waals surface area contributed by atoms with Crippen molar-refractivity contribution in [1.82, 2.24) is 15.5 Å². The standard InChI is InChI=1S/C19H31FN4O2/c1-6-21-17(25)19(3,4)14-23-18(22-7-2)24(5)12-13-26-16-11-9-8-10-15(16)20/h8-11H,6-7,12-14H2,1-5H3,(H,21,25)(H,22,23). The van der Waals surface area contributed by atoms with Crippen molar-refractivity contribution in [2.24, 2.45) is 10.4 Å². The van der Waals surface area contributed by atoms with Gasteiger partial charge in [-0.3, -0.25) is 9.79 Å². The van der Waals surface area contributed by atoms with E-state index in [2.05, 4.69) is 15.6 Å². The van der Waals surface area contributed by atoms with Gasteiger partial charge in [-0.25, -0.2) is 4.39 Å². The lowest BCUT2D eigenvalue weighted by atomic mass is 9.92. The van der Waals surface area contributed by atoms with Gasteiger partial charge in [0.15, 0.2) is 17.5 Å². The summed E-state index contributed by atoms with van der Waals surface area (Å²) in [5.41, 5.74) is -0.596. The Morgan fingerprint density at radius 3 is 2.50 bits per heavy atom. The van der Waals surface area contributed by atoms with Gasteiger partial charge in [-0.2, -0.15) is 0 Å². The summed E-state index contributed by atoms with van der Waals surface area (Å²) in [6, 6.07) is 6.33. The van der Waals surface area contributed by atoms with Crippen molar-refractivity contribution in [1.29, 1.82) is 0 Å². The molecule has 6 nitrogen and oxygen atoms in total. The fourth-order valence-electron chi connectivity index (χ4n) is 2.17. The number of halogens is 1. The molecule has 0 spiro atoms. The molecule has 2 N–H and O–H groups in total. The zero-order chi connectivity index (χ0) is 19.6. The minimum atomic E-state index is -0.596. The number of carbonyl (C=O) groups is 1. The third-order valence-corrected chi connectivity index (χ3v) is 3.79. The van der Waals surface area contributed by atoms with E-state index >= 15 is 0 Å². The normalized spacial score (nSPS) is 11.8. The number of carbonyl (C=O) groups excluding carboxylic acids is 1. The Morgan fingerprint density at radius 1 is 1.23 bits per heavy atom. The van der Waals surface area contributed by atoms with E-state index in [1.165, 1.54) is 6.07 Å². The van der Waals surface area contributed by atoms with Crippen molar-refractivity contribution in [3.63, 3.8) is 0 Å². The minimum Gasteiger partial charge on any atom is -0.489 e. The monoisotopic (exact) mass is 366 g/mol. The molecule has 0 aliphatic heterocycles. The van der Waals surface area contributed by atoms with Crippen LogP contribution < -0.4 is 15.4 Å². The van der Waals surface area contributed by atoms with Crippen LogP contribution in [-0.2, 0) is 4.79 Å². The summed E-state index contributed by atoms with van der Waals surface area (Å²) < 4.78 is 19.1. The Kier molecular flexibility index (Phi) is 8.88. The van der Waals surface area contributed by atoms with E-state index in [1.54, 1.807) is 18.2 Å². The molecule has 0 radical (unpaired) electrons. The SMILES string of the molecule is CCNC(=O)C(C)(C)CN=C(NCC)N(C)CCOc1ccccc1F. The van der Waals surface area contributed by atoms with E-state index < -0.39 is 5.41 Å². The number of hydrogen-bond acceptors (Lipinski definition) is 3. The summed E-state index contributed by atoms with van der Waals surface area (Å²) in [7, 11) is 1.88. The lowest BCUT2D eigenvalue weighted by Gasteiger charge is -2.25. The number of guanidine groups is 1. The number of aliphatic imine (C=N–C) groups is 1. The van der Waals surface area contributed by atoms with Crippen LogP contribution in [0.4, 0.5) is 4.39 Å². The van der Waals surface area contributed by atoms with Crippen LogP contribution in [0.5, 0.6) is 5.75 Å². The molecule has 26 heavy (non-hydrogen) atoms. The maximum Gasteiger partial charge on any atom is 0.227 e. The first-order chi connectivity index (χ1) is 12.3. The average Bonchev–Trinajstić information content (AvgIpc) is 2.60.